The van der Waals surface area contributed by atoms with Crippen LogP contribution in [0.1, 0.15) is 49.0 Å². The summed E-state index contributed by atoms with van der Waals surface area (Å²) in [6, 6.07) is 7.17. The van der Waals surface area contributed by atoms with Crippen molar-refractivity contribution in [1.29, 1.82) is 0 Å². The minimum absolute atomic E-state index is 0.0646. The number of carbonyl (C=O) groups excluding carboxylic acids is 2. The largest absolute Gasteiger partial charge is 0.351 e. The highest BCUT2D eigenvalue weighted by Crippen LogP contribution is 2.12. The molecule has 0 saturated carbocycles. The van der Waals surface area contributed by atoms with Crippen molar-refractivity contribution in [1.82, 2.24) is 15.5 Å². The molecule has 1 aromatic rings. The fourth-order valence-corrected chi connectivity index (χ4v) is 3.22. The van der Waals surface area contributed by atoms with Gasteiger partial charge in [-0.15, -0.1) is 0 Å². The van der Waals surface area contributed by atoms with E-state index < -0.39 is 6.04 Å². The Kier molecular flexibility index (Phi) is 7.00. The van der Waals surface area contributed by atoms with E-state index in [1.807, 2.05) is 25.1 Å². The van der Waals surface area contributed by atoms with Crippen molar-refractivity contribution >= 4 is 11.8 Å². The average Bonchev–Trinajstić information content (AvgIpc) is 2.56. The van der Waals surface area contributed by atoms with Crippen LogP contribution in [-0.4, -0.2) is 48.9 Å². The normalized spacial score (nSPS) is 17.3. The Balaban J connectivity index is 2.01. The zero-order valence-electron chi connectivity index (χ0n) is 15.8. The number of piperidine rings is 1. The predicted molar refractivity (Wildman–Crippen MR) is 101 cm³/mol. The molecule has 138 valence electrons. The Bertz CT molecular complexity index is 592. The highest BCUT2D eigenvalue weighted by molar-refractivity contribution is 5.98. The fourth-order valence-electron chi connectivity index (χ4n) is 3.22. The van der Waals surface area contributed by atoms with Gasteiger partial charge >= 0.3 is 0 Å². The number of aryl methyl sites for hydroxylation is 1. The third-order valence-corrected chi connectivity index (χ3v) is 4.78. The Hall–Kier alpha value is -1.88. The van der Waals surface area contributed by atoms with E-state index in [1.54, 1.807) is 6.07 Å². The minimum Gasteiger partial charge on any atom is -0.351 e. The van der Waals surface area contributed by atoms with Gasteiger partial charge in [-0.05, 0) is 63.9 Å². The van der Waals surface area contributed by atoms with Gasteiger partial charge in [0.25, 0.3) is 5.91 Å². The minimum atomic E-state index is -0.494. The summed E-state index contributed by atoms with van der Waals surface area (Å²) in [5, 5.41) is 6.08. The zero-order valence-corrected chi connectivity index (χ0v) is 15.8. The summed E-state index contributed by atoms with van der Waals surface area (Å²) in [5.41, 5.74) is 1.54. The summed E-state index contributed by atoms with van der Waals surface area (Å²) >= 11 is 0. The van der Waals surface area contributed by atoms with Crippen molar-refractivity contribution in [2.75, 3.05) is 20.1 Å². The molecule has 1 saturated heterocycles. The number of nitrogens with zero attached hydrogens (tertiary/aromatic N) is 1. The molecule has 1 heterocycles. The van der Waals surface area contributed by atoms with Crippen molar-refractivity contribution in [3.63, 3.8) is 0 Å². The second-order valence-corrected chi connectivity index (χ2v) is 7.56. The van der Waals surface area contributed by atoms with E-state index in [9.17, 15) is 9.59 Å². The molecule has 2 rings (SSSR count). The quantitative estimate of drug-likeness (QED) is 0.832. The lowest BCUT2D eigenvalue weighted by molar-refractivity contribution is -0.124. The number of likely N-dealkylation sites (tertiary alicyclic amines) is 1. The molecule has 2 amide bonds. The summed E-state index contributed by atoms with van der Waals surface area (Å²) in [5.74, 6) is 0.0814. The summed E-state index contributed by atoms with van der Waals surface area (Å²) in [6.45, 7) is 8.03. The second-order valence-electron chi connectivity index (χ2n) is 7.56. The van der Waals surface area contributed by atoms with Gasteiger partial charge in [0.2, 0.25) is 5.91 Å². The van der Waals surface area contributed by atoms with E-state index in [0.717, 1.165) is 31.5 Å². The predicted octanol–water partition coefficient (Wildman–Crippen LogP) is 2.35. The number of nitrogens with one attached hydrogen (secondary N) is 2. The molecule has 1 aliphatic rings. The molecule has 0 bridgehead atoms. The van der Waals surface area contributed by atoms with Gasteiger partial charge in [0, 0.05) is 11.6 Å². The number of hydrogen-bond donors (Lipinski definition) is 2. The maximum absolute atomic E-state index is 12.7. The average molecular weight is 345 g/mol. The second kappa shape index (κ2) is 8.99. The van der Waals surface area contributed by atoms with E-state index in [-0.39, 0.29) is 17.9 Å². The molecule has 0 aromatic heterocycles. The fraction of sp³-hybridized carbons (Fsp3) is 0.600. The van der Waals surface area contributed by atoms with Gasteiger partial charge in [0.15, 0.2) is 0 Å². The maximum Gasteiger partial charge on any atom is 0.252 e. The third-order valence-electron chi connectivity index (χ3n) is 4.78. The third kappa shape index (κ3) is 5.85. The van der Waals surface area contributed by atoms with E-state index in [4.69, 9.17) is 0 Å². The van der Waals surface area contributed by atoms with E-state index in [1.165, 1.54) is 0 Å². The molecule has 0 radical (unpaired) electrons. The Morgan fingerprint density at radius 1 is 1.20 bits per heavy atom. The van der Waals surface area contributed by atoms with Crippen molar-refractivity contribution < 1.29 is 9.59 Å². The summed E-state index contributed by atoms with van der Waals surface area (Å²) < 4.78 is 0. The molecule has 1 aliphatic heterocycles. The molecule has 5 nitrogen and oxygen atoms in total. The maximum atomic E-state index is 12.7. The number of hydrogen-bond acceptors (Lipinski definition) is 3. The molecule has 1 aromatic carbocycles. The van der Waals surface area contributed by atoms with Crippen molar-refractivity contribution in [3.05, 3.63) is 35.4 Å². The van der Waals surface area contributed by atoms with Crippen LogP contribution >= 0.6 is 0 Å². The summed E-state index contributed by atoms with van der Waals surface area (Å²) in [7, 11) is 2.10. The van der Waals surface area contributed by atoms with Crippen LogP contribution in [0, 0.1) is 12.8 Å². The molecule has 1 unspecified atom stereocenters. The van der Waals surface area contributed by atoms with Crippen LogP contribution in [0.3, 0.4) is 0 Å². The van der Waals surface area contributed by atoms with Gasteiger partial charge in [-0.1, -0.05) is 32.0 Å². The first-order valence-electron chi connectivity index (χ1n) is 9.22. The van der Waals surface area contributed by atoms with Gasteiger partial charge in [-0.2, -0.15) is 0 Å². The number of carbonyl (C=O) groups is 2. The van der Waals surface area contributed by atoms with Gasteiger partial charge in [-0.25, -0.2) is 0 Å². The first-order chi connectivity index (χ1) is 11.9. The SMILES string of the molecule is Cc1ccccc1C(=O)NC(CC(C)C)C(=O)NC1CCN(C)CC1. The van der Waals surface area contributed by atoms with Crippen molar-refractivity contribution in [2.45, 2.75) is 52.1 Å². The van der Waals surface area contributed by atoms with Crippen LogP contribution in [0.2, 0.25) is 0 Å². The molecular weight excluding hydrogens is 314 g/mol. The molecule has 1 fully saturated rings. The van der Waals surface area contributed by atoms with E-state index >= 15 is 0 Å². The Morgan fingerprint density at radius 2 is 1.84 bits per heavy atom. The molecular formula is C20H31N3O2. The van der Waals surface area contributed by atoms with Crippen LogP contribution in [0.25, 0.3) is 0 Å². The summed E-state index contributed by atoms with van der Waals surface area (Å²) in [4.78, 5) is 27.6. The van der Waals surface area contributed by atoms with Crippen molar-refractivity contribution in [2.24, 2.45) is 5.92 Å². The highest BCUT2D eigenvalue weighted by atomic mass is 16.2. The van der Waals surface area contributed by atoms with Gasteiger partial charge in [0.1, 0.15) is 6.04 Å². The van der Waals surface area contributed by atoms with Crippen LogP contribution in [-0.2, 0) is 4.79 Å². The van der Waals surface area contributed by atoms with Gasteiger partial charge in [-0.3, -0.25) is 9.59 Å². The number of benzene rings is 1. The molecule has 1 atom stereocenters. The molecule has 2 N–H and O–H groups in total. The lowest BCUT2D eigenvalue weighted by Gasteiger charge is -2.31. The summed E-state index contributed by atoms with van der Waals surface area (Å²) in [6.07, 6.45) is 2.56. The molecule has 0 spiro atoms. The van der Waals surface area contributed by atoms with Crippen LogP contribution < -0.4 is 10.6 Å². The topological polar surface area (TPSA) is 61.4 Å². The zero-order chi connectivity index (χ0) is 18.4. The van der Waals surface area contributed by atoms with Crippen LogP contribution in [0.15, 0.2) is 24.3 Å². The number of amides is 2. The van der Waals surface area contributed by atoms with Crippen LogP contribution in [0.4, 0.5) is 0 Å². The smallest absolute Gasteiger partial charge is 0.252 e. The van der Waals surface area contributed by atoms with Gasteiger partial charge < -0.3 is 15.5 Å². The Labute approximate surface area is 151 Å². The molecule has 25 heavy (non-hydrogen) atoms. The first kappa shape index (κ1) is 19.4. The molecule has 0 aliphatic carbocycles. The lowest BCUT2D eigenvalue weighted by atomic mass is 10.00. The highest BCUT2D eigenvalue weighted by Gasteiger charge is 2.26. The van der Waals surface area contributed by atoms with E-state index in [2.05, 4.69) is 36.4 Å². The Morgan fingerprint density at radius 3 is 2.44 bits per heavy atom. The standard InChI is InChI=1S/C20H31N3O2/c1-14(2)13-18(20(25)21-16-9-11-23(4)12-10-16)22-19(24)17-8-6-5-7-15(17)3/h5-8,14,16,18H,9-13H2,1-4H3,(H,21,25)(H,22,24). The lowest BCUT2D eigenvalue weighted by Crippen LogP contribution is -2.52. The van der Waals surface area contributed by atoms with Crippen LogP contribution in [0.5, 0.6) is 0 Å². The van der Waals surface area contributed by atoms with Crippen molar-refractivity contribution in [3.8, 4) is 0 Å². The number of rotatable bonds is 6. The first-order valence-corrected chi connectivity index (χ1v) is 9.22. The van der Waals surface area contributed by atoms with E-state index in [0.29, 0.717) is 17.9 Å². The monoisotopic (exact) mass is 345 g/mol. The van der Waals surface area contributed by atoms with Gasteiger partial charge in [0.05, 0.1) is 0 Å². The molecule has 5 heteroatoms.